The van der Waals surface area contributed by atoms with Crippen LogP contribution in [0.25, 0.3) is 0 Å². The second kappa shape index (κ2) is 4.09. The first-order chi connectivity index (χ1) is 6.79. The number of nitrogens with zero attached hydrogens (tertiary/aromatic N) is 2. The van der Waals surface area contributed by atoms with Gasteiger partial charge in [0.25, 0.3) is 0 Å². The van der Waals surface area contributed by atoms with Crippen LogP contribution in [-0.2, 0) is 4.74 Å². The van der Waals surface area contributed by atoms with Crippen LogP contribution in [-0.4, -0.2) is 23.4 Å². The van der Waals surface area contributed by atoms with E-state index in [0.717, 1.165) is 31.6 Å². The molecule has 0 aromatic carbocycles. The summed E-state index contributed by atoms with van der Waals surface area (Å²) in [5.41, 5.74) is 0. The summed E-state index contributed by atoms with van der Waals surface area (Å²) in [5, 5.41) is 7.92. The summed E-state index contributed by atoms with van der Waals surface area (Å²) >= 11 is 0. The molecule has 0 bridgehead atoms. The van der Waals surface area contributed by atoms with Crippen LogP contribution in [0.2, 0.25) is 0 Å². The quantitative estimate of drug-likeness (QED) is 0.726. The zero-order valence-electron chi connectivity index (χ0n) is 8.69. The second-order valence-electron chi connectivity index (χ2n) is 3.87. The second-order valence-corrected chi connectivity index (χ2v) is 3.87. The van der Waals surface area contributed by atoms with E-state index < -0.39 is 0 Å². The standard InChI is InChI=1S/C10H16N2O2/c1-7-11-12-10(14-7)8-3-5-9(13-2)6-4-8/h8-9H,3-6H2,1-2H3. The third-order valence-corrected chi connectivity index (χ3v) is 2.90. The lowest BCUT2D eigenvalue weighted by Gasteiger charge is -2.25. The minimum absolute atomic E-state index is 0.426. The molecule has 0 radical (unpaired) electrons. The first kappa shape index (κ1) is 9.65. The van der Waals surface area contributed by atoms with Crippen molar-refractivity contribution < 1.29 is 9.15 Å². The number of hydrogen-bond acceptors (Lipinski definition) is 4. The Morgan fingerprint density at radius 1 is 1.21 bits per heavy atom. The van der Waals surface area contributed by atoms with Gasteiger partial charge in [-0.1, -0.05) is 0 Å². The zero-order valence-corrected chi connectivity index (χ0v) is 8.69. The van der Waals surface area contributed by atoms with Gasteiger partial charge in [-0.25, -0.2) is 0 Å². The van der Waals surface area contributed by atoms with Crippen molar-refractivity contribution in [2.75, 3.05) is 7.11 Å². The van der Waals surface area contributed by atoms with E-state index in [9.17, 15) is 0 Å². The van der Waals surface area contributed by atoms with Crippen LogP contribution < -0.4 is 0 Å². The highest BCUT2D eigenvalue weighted by Gasteiger charge is 2.25. The third kappa shape index (κ3) is 1.95. The highest BCUT2D eigenvalue weighted by Crippen LogP contribution is 2.32. The number of aromatic nitrogens is 2. The SMILES string of the molecule is COC1CCC(c2nnc(C)o2)CC1. The predicted molar refractivity (Wildman–Crippen MR) is 51.0 cm³/mol. The lowest BCUT2D eigenvalue weighted by Crippen LogP contribution is -2.19. The highest BCUT2D eigenvalue weighted by atomic mass is 16.5. The molecule has 4 heteroatoms. The van der Waals surface area contributed by atoms with Gasteiger partial charge < -0.3 is 9.15 Å². The van der Waals surface area contributed by atoms with Crippen molar-refractivity contribution in [1.82, 2.24) is 10.2 Å². The van der Waals surface area contributed by atoms with E-state index in [1.165, 1.54) is 0 Å². The van der Waals surface area contributed by atoms with Gasteiger partial charge in [-0.2, -0.15) is 0 Å². The highest BCUT2D eigenvalue weighted by molar-refractivity contribution is 4.93. The summed E-state index contributed by atoms with van der Waals surface area (Å²) in [4.78, 5) is 0. The molecule has 0 aliphatic heterocycles. The van der Waals surface area contributed by atoms with Crippen molar-refractivity contribution in [3.8, 4) is 0 Å². The van der Waals surface area contributed by atoms with Crippen molar-refractivity contribution in [2.24, 2.45) is 0 Å². The van der Waals surface area contributed by atoms with Crippen LogP contribution in [0.1, 0.15) is 43.4 Å². The van der Waals surface area contributed by atoms with Crippen LogP contribution in [0, 0.1) is 6.92 Å². The summed E-state index contributed by atoms with van der Waals surface area (Å²) in [6.45, 7) is 1.83. The molecule has 14 heavy (non-hydrogen) atoms. The minimum Gasteiger partial charge on any atom is -0.425 e. The summed E-state index contributed by atoms with van der Waals surface area (Å²) < 4.78 is 10.7. The van der Waals surface area contributed by atoms with Gasteiger partial charge >= 0.3 is 0 Å². The number of aryl methyl sites for hydroxylation is 1. The number of ether oxygens (including phenoxy) is 1. The fourth-order valence-electron chi connectivity index (χ4n) is 2.02. The molecule has 1 aromatic rings. The normalized spacial score (nSPS) is 27.9. The first-order valence-electron chi connectivity index (χ1n) is 5.12. The van der Waals surface area contributed by atoms with Crippen molar-refractivity contribution in [2.45, 2.75) is 44.6 Å². The fraction of sp³-hybridized carbons (Fsp3) is 0.800. The van der Waals surface area contributed by atoms with Crippen molar-refractivity contribution in [1.29, 1.82) is 0 Å². The fourth-order valence-corrected chi connectivity index (χ4v) is 2.02. The van der Waals surface area contributed by atoms with Gasteiger partial charge in [0, 0.05) is 20.0 Å². The lowest BCUT2D eigenvalue weighted by molar-refractivity contribution is 0.0632. The largest absolute Gasteiger partial charge is 0.425 e. The molecule has 4 nitrogen and oxygen atoms in total. The van der Waals surface area contributed by atoms with Gasteiger partial charge in [-0.3, -0.25) is 0 Å². The Bertz CT molecular complexity index is 290. The van der Waals surface area contributed by atoms with Gasteiger partial charge in [0.1, 0.15) is 0 Å². The molecule has 1 aliphatic rings. The molecule has 0 atom stereocenters. The lowest BCUT2D eigenvalue weighted by atomic mass is 9.87. The first-order valence-corrected chi connectivity index (χ1v) is 5.12. The van der Waals surface area contributed by atoms with Crippen LogP contribution in [0.4, 0.5) is 0 Å². The Balaban J connectivity index is 1.95. The van der Waals surface area contributed by atoms with Gasteiger partial charge in [0.05, 0.1) is 6.10 Å². The molecule has 0 unspecified atom stereocenters. The minimum atomic E-state index is 0.426. The van der Waals surface area contributed by atoms with Crippen LogP contribution in [0.3, 0.4) is 0 Å². The summed E-state index contributed by atoms with van der Waals surface area (Å²) in [7, 11) is 1.78. The molecule has 0 spiro atoms. The molecule has 2 rings (SSSR count). The van der Waals surface area contributed by atoms with E-state index in [2.05, 4.69) is 10.2 Å². The van der Waals surface area contributed by atoms with E-state index in [1.54, 1.807) is 7.11 Å². The number of rotatable bonds is 2. The molecular weight excluding hydrogens is 180 g/mol. The van der Waals surface area contributed by atoms with E-state index in [-0.39, 0.29) is 0 Å². The van der Waals surface area contributed by atoms with Gasteiger partial charge in [-0.15, -0.1) is 10.2 Å². The number of hydrogen-bond donors (Lipinski definition) is 0. The van der Waals surface area contributed by atoms with E-state index >= 15 is 0 Å². The molecular formula is C10H16N2O2. The summed E-state index contributed by atoms with van der Waals surface area (Å²) in [6.07, 6.45) is 4.82. The summed E-state index contributed by atoms with van der Waals surface area (Å²) in [5.74, 6) is 1.91. The van der Waals surface area contributed by atoms with E-state index in [1.807, 2.05) is 6.92 Å². The Morgan fingerprint density at radius 2 is 1.93 bits per heavy atom. The average Bonchev–Trinajstić information content (AvgIpc) is 2.65. The Morgan fingerprint density at radius 3 is 2.43 bits per heavy atom. The average molecular weight is 196 g/mol. The maximum absolute atomic E-state index is 5.43. The molecule has 1 aromatic heterocycles. The van der Waals surface area contributed by atoms with Crippen molar-refractivity contribution >= 4 is 0 Å². The van der Waals surface area contributed by atoms with E-state index in [0.29, 0.717) is 17.9 Å². The molecule has 1 aliphatic carbocycles. The molecule has 0 N–H and O–H groups in total. The maximum atomic E-state index is 5.43. The van der Waals surface area contributed by atoms with Gasteiger partial charge in [0.2, 0.25) is 11.8 Å². The van der Waals surface area contributed by atoms with Crippen LogP contribution >= 0.6 is 0 Å². The van der Waals surface area contributed by atoms with Crippen molar-refractivity contribution in [3.05, 3.63) is 11.8 Å². The maximum Gasteiger partial charge on any atom is 0.219 e. The summed E-state index contributed by atoms with van der Waals surface area (Å²) in [6, 6.07) is 0. The molecule has 78 valence electrons. The number of methoxy groups -OCH3 is 1. The Labute approximate surface area is 83.7 Å². The molecule has 1 saturated carbocycles. The Hall–Kier alpha value is -0.900. The van der Waals surface area contributed by atoms with Gasteiger partial charge in [-0.05, 0) is 25.7 Å². The topological polar surface area (TPSA) is 48.2 Å². The zero-order chi connectivity index (χ0) is 9.97. The smallest absolute Gasteiger partial charge is 0.219 e. The molecule has 1 fully saturated rings. The third-order valence-electron chi connectivity index (χ3n) is 2.90. The predicted octanol–water partition coefficient (Wildman–Crippen LogP) is 2.05. The molecule has 1 heterocycles. The molecule has 0 amide bonds. The van der Waals surface area contributed by atoms with Crippen LogP contribution in [0.5, 0.6) is 0 Å². The van der Waals surface area contributed by atoms with E-state index in [4.69, 9.17) is 9.15 Å². The van der Waals surface area contributed by atoms with Gasteiger partial charge in [0.15, 0.2) is 0 Å². The Kier molecular flexibility index (Phi) is 2.82. The molecule has 0 saturated heterocycles. The van der Waals surface area contributed by atoms with Crippen molar-refractivity contribution in [3.63, 3.8) is 0 Å². The van der Waals surface area contributed by atoms with Crippen LogP contribution in [0.15, 0.2) is 4.42 Å². The monoisotopic (exact) mass is 196 g/mol.